The summed E-state index contributed by atoms with van der Waals surface area (Å²) in [5, 5.41) is 0. The van der Waals surface area contributed by atoms with Crippen LogP contribution in [0, 0.1) is 5.82 Å². The molecule has 30 heavy (non-hydrogen) atoms. The van der Waals surface area contributed by atoms with E-state index in [-0.39, 0.29) is 17.8 Å². The summed E-state index contributed by atoms with van der Waals surface area (Å²) in [6.07, 6.45) is 0.743. The number of nitrogens with zero attached hydrogens (tertiary/aromatic N) is 2. The van der Waals surface area contributed by atoms with Crippen LogP contribution >= 0.6 is 0 Å². The maximum atomic E-state index is 14.1. The fourth-order valence-electron chi connectivity index (χ4n) is 4.70. The summed E-state index contributed by atoms with van der Waals surface area (Å²) in [4.78, 5) is 18.7. The highest BCUT2D eigenvalue weighted by Gasteiger charge is 2.56. The van der Waals surface area contributed by atoms with Gasteiger partial charge in [-0.25, -0.2) is 4.39 Å². The molecule has 0 unspecified atom stereocenters. The van der Waals surface area contributed by atoms with Crippen LogP contribution in [0.5, 0.6) is 0 Å². The average Bonchev–Trinajstić information content (AvgIpc) is 2.97. The van der Waals surface area contributed by atoms with Gasteiger partial charge in [-0.3, -0.25) is 9.69 Å². The number of nitrogens with one attached hydrogen (secondary N) is 1. The SMILES string of the molecule is C[C@@H]1CCO[C@@]2(O1)C(=O)N(C[NH+]1CCN(c3ccccc3F)CC1)c1ccccc12. The van der Waals surface area contributed by atoms with Crippen molar-refractivity contribution < 1.29 is 23.6 Å². The lowest BCUT2D eigenvalue weighted by Crippen LogP contribution is -3.16. The van der Waals surface area contributed by atoms with Crippen LogP contribution in [0.2, 0.25) is 0 Å². The van der Waals surface area contributed by atoms with Gasteiger partial charge < -0.3 is 19.3 Å². The van der Waals surface area contributed by atoms with E-state index in [4.69, 9.17) is 9.47 Å². The van der Waals surface area contributed by atoms with Gasteiger partial charge in [0, 0.05) is 5.56 Å². The summed E-state index contributed by atoms with van der Waals surface area (Å²) in [5.74, 6) is -1.64. The molecule has 0 saturated carbocycles. The number of rotatable bonds is 3. The first-order chi connectivity index (χ1) is 14.6. The fraction of sp³-hybridized carbons (Fsp3) is 0.435. The number of halogens is 1. The zero-order valence-electron chi connectivity index (χ0n) is 17.1. The highest BCUT2D eigenvalue weighted by atomic mass is 19.1. The van der Waals surface area contributed by atoms with Crippen molar-refractivity contribution in [1.82, 2.24) is 0 Å². The predicted octanol–water partition coefficient (Wildman–Crippen LogP) is 1.51. The lowest BCUT2D eigenvalue weighted by atomic mass is 10.1. The molecular formula is C23H27FN3O3+. The van der Waals surface area contributed by atoms with E-state index >= 15 is 0 Å². The molecule has 1 spiro atoms. The highest BCUT2D eigenvalue weighted by molar-refractivity contribution is 6.05. The molecule has 3 aliphatic heterocycles. The molecule has 3 heterocycles. The molecule has 2 aromatic carbocycles. The first-order valence-electron chi connectivity index (χ1n) is 10.6. The lowest BCUT2D eigenvalue weighted by molar-refractivity contribution is -0.899. The van der Waals surface area contributed by atoms with Crippen LogP contribution in [-0.2, 0) is 20.1 Å². The Bertz CT molecular complexity index is 947. The smallest absolute Gasteiger partial charge is 0.296 e. The Balaban J connectivity index is 1.32. The van der Waals surface area contributed by atoms with Gasteiger partial charge >= 0.3 is 0 Å². The second-order valence-electron chi connectivity index (χ2n) is 8.28. The van der Waals surface area contributed by atoms with E-state index in [1.165, 1.54) is 11.0 Å². The van der Waals surface area contributed by atoms with Crippen LogP contribution in [0.3, 0.4) is 0 Å². The molecule has 1 amide bonds. The molecule has 7 heteroatoms. The van der Waals surface area contributed by atoms with Gasteiger partial charge in [-0.1, -0.05) is 30.3 Å². The van der Waals surface area contributed by atoms with Crippen molar-refractivity contribution in [2.75, 3.05) is 49.3 Å². The number of carbonyl (C=O) groups excluding carboxylic acids is 1. The first kappa shape index (κ1) is 19.5. The minimum absolute atomic E-state index is 0.0348. The Morgan fingerprint density at radius 3 is 2.53 bits per heavy atom. The Labute approximate surface area is 175 Å². The molecule has 2 atom stereocenters. The summed E-state index contributed by atoms with van der Waals surface area (Å²) in [6.45, 7) is 6.17. The molecule has 0 bridgehead atoms. The van der Waals surface area contributed by atoms with Crippen molar-refractivity contribution in [3.63, 3.8) is 0 Å². The minimum Gasteiger partial charge on any atom is -0.358 e. The van der Waals surface area contributed by atoms with E-state index in [1.807, 2.05) is 48.2 Å². The standard InChI is InChI=1S/C23H26FN3O3/c1-17-10-15-29-23(30-17)18-6-2-4-8-20(18)27(22(23)28)16-25-11-13-26(14-12-25)21-9-5-3-7-19(21)24/h2-9,17H,10-16H2,1H3/p+1/t17-,23+/m1/s1. The van der Waals surface area contributed by atoms with Gasteiger partial charge in [-0.2, -0.15) is 0 Å². The normalized spacial score (nSPS) is 27.0. The van der Waals surface area contributed by atoms with Gasteiger partial charge in [0.05, 0.1) is 50.3 Å². The van der Waals surface area contributed by atoms with E-state index in [0.717, 1.165) is 43.9 Å². The summed E-state index contributed by atoms with van der Waals surface area (Å²) in [7, 11) is 0. The largest absolute Gasteiger partial charge is 0.358 e. The highest BCUT2D eigenvalue weighted by Crippen LogP contribution is 2.45. The fourth-order valence-corrected chi connectivity index (χ4v) is 4.70. The van der Waals surface area contributed by atoms with Crippen LogP contribution in [-0.4, -0.2) is 51.5 Å². The van der Waals surface area contributed by atoms with Gasteiger partial charge in [0.15, 0.2) is 6.67 Å². The third-order valence-electron chi connectivity index (χ3n) is 6.32. The second-order valence-corrected chi connectivity index (χ2v) is 8.28. The van der Waals surface area contributed by atoms with Crippen LogP contribution < -0.4 is 14.7 Å². The van der Waals surface area contributed by atoms with Crippen molar-refractivity contribution in [3.05, 3.63) is 59.9 Å². The van der Waals surface area contributed by atoms with Gasteiger partial charge in [0.25, 0.3) is 11.7 Å². The Morgan fingerprint density at radius 2 is 1.80 bits per heavy atom. The number of hydrogen-bond donors (Lipinski definition) is 1. The lowest BCUT2D eigenvalue weighted by Gasteiger charge is -2.37. The molecule has 0 aromatic heterocycles. The van der Waals surface area contributed by atoms with Crippen LogP contribution in [0.15, 0.2) is 48.5 Å². The first-order valence-corrected chi connectivity index (χ1v) is 10.6. The van der Waals surface area contributed by atoms with E-state index in [2.05, 4.69) is 4.90 Å². The minimum atomic E-state index is -1.32. The average molecular weight is 412 g/mol. The second kappa shape index (κ2) is 7.65. The molecule has 158 valence electrons. The van der Waals surface area contributed by atoms with E-state index < -0.39 is 5.79 Å². The number of carbonyl (C=O) groups is 1. The van der Waals surface area contributed by atoms with Crippen molar-refractivity contribution in [1.29, 1.82) is 0 Å². The topological polar surface area (TPSA) is 46.5 Å². The number of anilines is 2. The van der Waals surface area contributed by atoms with Crippen LogP contribution in [0.4, 0.5) is 15.8 Å². The zero-order chi connectivity index (χ0) is 20.7. The Hall–Kier alpha value is -2.48. The molecule has 1 N–H and O–H groups in total. The molecule has 2 saturated heterocycles. The summed E-state index contributed by atoms with van der Waals surface area (Å²) >= 11 is 0. The number of quaternary nitrogens is 1. The van der Waals surface area contributed by atoms with E-state index in [0.29, 0.717) is 19.0 Å². The van der Waals surface area contributed by atoms with Crippen LogP contribution in [0.1, 0.15) is 18.9 Å². The Kier molecular flexibility index (Phi) is 4.97. The van der Waals surface area contributed by atoms with Gasteiger partial charge in [-0.05, 0) is 31.5 Å². The molecule has 2 aromatic rings. The number of benzene rings is 2. The maximum absolute atomic E-state index is 14.1. The summed E-state index contributed by atoms with van der Waals surface area (Å²) in [5.41, 5.74) is 2.31. The van der Waals surface area contributed by atoms with E-state index in [1.54, 1.807) is 6.07 Å². The maximum Gasteiger partial charge on any atom is 0.296 e. The summed E-state index contributed by atoms with van der Waals surface area (Å²) < 4.78 is 26.2. The van der Waals surface area contributed by atoms with Crippen molar-refractivity contribution >= 4 is 17.3 Å². The molecule has 0 radical (unpaired) electrons. The third kappa shape index (κ3) is 3.17. The zero-order valence-corrected chi connectivity index (χ0v) is 17.1. The van der Waals surface area contributed by atoms with Gasteiger partial charge in [0.2, 0.25) is 0 Å². The van der Waals surface area contributed by atoms with Gasteiger partial charge in [-0.15, -0.1) is 0 Å². The van der Waals surface area contributed by atoms with Crippen molar-refractivity contribution in [2.24, 2.45) is 0 Å². The quantitative estimate of drug-likeness (QED) is 0.831. The Morgan fingerprint density at radius 1 is 1.10 bits per heavy atom. The number of para-hydroxylation sites is 2. The number of piperazine rings is 1. The predicted molar refractivity (Wildman–Crippen MR) is 111 cm³/mol. The van der Waals surface area contributed by atoms with Crippen molar-refractivity contribution in [3.8, 4) is 0 Å². The number of ether oxygens (including phenoxy) is 2. The molecule has 2 fully saturated rings. The molecule has 3 aliphatic rings. The molecular weight excluding hydrogens is 385 g/mol. The number of fused-ring (bicyclic) bond motifs is 2. The number of amides is 1. The molecule has 6 nitrogen and oxygen atoms in total. The van der Waals surface area contributed by atoms with Crippen molar-refractivity contribution in [2.45, 2.75) is 25.2 Å². The third-order valence-corrected chi connectivity index (χ3v) is 6.32. The monoisotopic (exact) mass is 412 g/mol. The van der Waals surface area contributed by atoms with Gasteiger partial charge in [0.1, 0.15) is 5.82 Å². The van der Waals surface area contributed by atoms with Crippen LogP contribution in [0.25, 0.3) is 0 Å². The molecule has 0 aliphatic carbocycles. The summed E-state index contributed by atoms with van der Waals surface area (Å²) in [6, 6.07) is 14.6. The molecule has 5 rings (SSSR count). The van der Waals surface area contributed by atoms with E-state index in [9.17, 15) is 9.18 Å². The number of hydrogen-bond acceptors (Lipinski definition) is 4.